The molecule has 0 aliphatic carbocycles. The van der Waals surface area contributed by atoms with Crippen LogP contribution in [-0.2, 0) is 11.3 Å². The molecule has 1 aromatic rings. The van der Waals surface area contributed by atoms with E-state index < -0.39 is 0 Å². The Bertz CT molecular complexity index is 580. The van der Waals surface area contributed by atoms with Gasteiger partial charge in [0, 0.05) is 45.2 Å². The normalized spacial score (nSPS) is 13.5. The minimum atomic E-state index is -0.306. The second-order valence-electron chi connectivity index (χ2n) is 5.72. The van der Waals surface area contributed by atoms with E-state index >= 15 is 0 Å². The third-order valence-electron chi connectivity index (χ3n) is 3.98. The SMILES string of the molecule is CNC(=O)c1ccc(CNC(=O)NCCC(=O)N2CCCC2)cc1. The molecule has 1 aliphatic heterocycles. The minimum Gasteiger partial charge on any atom is -0.355 e. The van der Waals surface area contributed by atoms with Crippen LogP contribution in [0.3, 0.4) is 0 Å². The highest BCUT2D eigenvalue weighted by atomic mass is 16.2. The molecule has 2 rings (SSSR count). The van der Waals surface area contributed by atoms with Crippen molar-refractivity contribution in [2.24, 2.45) is 0 Å². The van der Waals surface area contributed by atoms with E-state index in [1.165, 1.54) is 0 Å². The highest BCUT2D eigenvalue weighted by molar-refractivity contribution is 5.93. The average Bonchev–Trinajstić information content (AvgIpc) is 3.14. The van der Waals surface area contributed by atoms with E-state index in [2.05, 4.69) is 16.0 Å². The van der Waals surface area contributed by atoms with E-state index in [0.29, 0.717) is 25.1 Å². The van der Waals surface area contributed by atoms with Gasteiger partial charge in [-0.05, 0) is 30.5 Å². The Morgan fingerprint density at radius 3 is 2.33 bits per heavy atom. The largest absolute Gasteiger partial charge is 0.355 e. The van der Waals surface area contributed by atoms with Crippen molar-refractivity contribution < 1.29 is 14.4 Å². The molecule has 0 spiro atoms. The predicted molar refractivity (Wildman–Crippen MR) is 90.5 cm³/mol. The molecule has 0 saturated carbocycles. The lowest BCUT2D eigenvalue weighted by atomic mass is 10.1. The van der Waals surface area contributed by atoms with Crippen molar-refractivity contribution >= 4 is 17.8 Å². The number of rotatable bonds is 6. The first-order valence-corrected chi connectivity index (χ1v) is 8.20. The number of carbonyl (C=O) groups excluding carboxylic acids is 3. The summed E-state index contributed by atoms with van der Waals surface area (Å²) in [6.07, 6.45) is 2.46. The first kappa shape index (κ1) is 17.8. The minimum absolute atomic E-state index is 0.0950. The van der Waals surface area contributed by atoms with Crippen LogP contribution in [0, 0.1) is 0 Å². The van der Waals surface area contributed by atoms with Gasteiger partial charge in [-0.2, -0.15) is 0 Å². The predicted octanol–water partition coefficient (Wildman–Crippen LogP) is 0.858. The van der Waals surface area contributed by atoms with E-state index in [1.54, 1.807) is 31.3 Å². The van der Waals surface area contributed by atoms with Crippen LogP contribution < -0.4 is 16.0 Å². The fraction of sp³-hybridized carbons (Fsp3) is 0.471. The van der Waals surface area contributed by atoms with Crippen molar-refractivity contribution in [1.29, 1.82) is 0 Å². The molecule has 1 fully saturated rings. The maximum absolute atomic E-state index is 11.8. The Labute approximate surface area is 141 Å². The van der Waals surface area contributed by atoms with Gasteiger partial charge in [0.25, 0.3) is 5.91 Å². The van der Waals surface area contributed by atoms with Crippen LogP contribution in [0.4, 0.5) is 4.79 Å². The fourth-order valence-electron chi connectivity index (χ4n) is 2.57. The molecule has 4 amide bonds. The van der Waals surface area contributed by atoms with Crippen LogP contribution in [0.1, 0.15) is 35.2 Å². The molecule has 7 heteroatoms. The summed E-state index contributed by atoms with van der Waals surface area (Å²) in [5.41, 5.74) is 1.47. The van der Waals surface area contributed by atoms with Crippen molar-refractivity contribution in [1.82, 2.24) is 20.9 Å². The number of hydrogen-bond donors (Lipinski definition) is 3. The third-order valence-corrected chi connectivity index (χ3v) is 3.98. The highest BCUT2D eigenvalue weighted by Gasteiger charge is 2.17. The van der Waals surface area contributed by atoms with Crippen molar-refractivity contribution in [3.05, 3.63) is 35.4 Å². The molecule has 1 saturated heterocycles. The van der Waals surface area contributed by atoms with E-state index in [1.807, 2.05) is 4.90 Å². The zero-order valence-corrected chi connectivity index (χ0v) is 13.9. The number of nitrogens with zero attached hydrogens (tertiary/aromatic N) is 1. The maximum Gasteiger partial charge on any atom is 0.315 e. The standard InChI is InChI=1S/C17H24N4O3/c1-18-16(23)14-6-4-13(5-7-14)12-20-17(24)19-9-8-15(22)21-10-2-3-11-21/h4-7H,2-3,8-12H2,1H3,(H,18,23)(H2,19,20,24). The molecule has 0 atom stereocenters. The molecule has 0 unspecified atom stereocenters. The lowest BCUT2D eigenvalue weighted by Crippen LogP contribution is -2.38. The zero-order valence-electron chi connectivity index (χ0n) is 13.9. The van der Waals surface area contributed by atoms with Crippen LogP contribution in [-0.4, -0.2) is 49.4 Å². The number of likely N-dealkylation sites (tertiary alicyclic amines) is 1. The van der Waals surface area contributed by atoms with Gasteiger partial charge >= 0.3 is 6.03 Å². The summed E-state index contributed by atoms with van der Waals surface area (Å²) in [4.78, 5) is 36.8. The van der Waals surface area contributed by atoms with E-state index in [0.717, 1.165) is 31.5 Å². The first-order valence-electron chi connectivity index (χ1n) is 8.20. The monoisotopic (exact) mass is 332 g/mol. The number of hydrogen-bond acceptors (Lipinski definition) is 3. The molecular formula is C17H24N4O3. The molecule has 7 nitrogen and oxygen atoms in total. The van der Waals surface area contributed by atoms with E-state index in [-0.39, 0.29) is 17.8 Å². The van der Waals surface area contributed by atoms with Gasteiger partial charge in [-0.3, -0.25) is 9.59 Å². The Morgan fingerprint density at radius 2 is 1.71 bits per heavy atom. The lowest BCUT2D eigenvalue weighted by molar-refractivity contribution is -0.129. The Balaban J connectivity index is 1.65. The summed E-state index contributed by atoms with van der Waals surface area (Å²) >= 11 is 0. The number of benzene rings is 1. The first-order chi connectivity index (χ1) is 11.6. The van der Waals surface area contributed by atoms with Crippen LogP contribution in [0.5, 0.6) is 0 Å². The van der Waals surface area contributed by atoms with Crippen molar-refractivity contribution in [3.8, 4) is 0 Å². The van der Waals surface area contributed by atoms with Crippen molar-refractivity contribution in [2.45, 2.75) is 25.8 Å². The van der Waals surface area contributed by atoms with Gasteiger partial charge in [0.05, 0.1) is 0 Å². The Hall–Kier alpha value is -2.57. The summed E-state index contributed by atoms with van der Waals surface area (Å²) in [5, 5.41) is 7.97. The fourth-order valence-corrected chi connectivity index (χ4v) is 2.57. The molecule has 1 heterocycles. The van der Waals surface area contributed by atoms with Gasteiger partial charge < -0.3 is 20.9 Å². The topological polar surface area (TPSA) is 90.5 Å². The molecule has 0 bridgehead atoms. The van der Waals surface area contributed by atoms with Crippen molar-refractivity contribution in [3.63, 3.8) is 0 Å². The van der Waals surface area contributed by atoms with Gasteiger partial charge in [-0.1, -0.05) is 12.1 Å². The van der Waals surface area contributed by atoms with Crippen LogP contribution in [0.25, 0.3) is 0 Å². The van der Waals surface area contributed by atoms with Crippen LogP contribution in [0.15, 0.2) is 24.3 Å². The summed E-state index contributed by atoms with van der Waals surface area (Å²) in [6.45, 7) is 2.35. The Kier molecular flexibility index (Phi) is 6.60. The number of nitrogens with one attached hydrogen (secondary N) is 3. The quantitative estimate of drug-likeness (QED) is 0.721. The molecular weight excluding hydrogens is 308 g/mol. The lowest BCUT2D eigenvalue weighted by Gasteiger charge is -2.15. The second-order valence-corrected chi connectivity index (χ2v) is 5.72. The Morgan fingerprint density at radius 1 is 1.04 bits per heavy atom. The van der Waals surface area contributed by atoms with Gasteiger partial charge in [-0.25, -0.2) is 4.79 Å². The van der Waals surface area contributed by atoms with E-state index in [4.69, 9.17) is 0 Å². The molecule has 130 valence electrons. The third kappa shape index (κ3) is 5.26. The van der Waals surface area contributed by atoms with Crippen LogP contribution >= 0.6 is 0 Å². The summed E-state index contributed by atoms with van der Waals surface area (Å²) in [6, 6.07) is 6.70. The number of urea groups is 1. The molecule has 1 aromatic carbocycles. The van der Waals surface area contributed by atoms with Gasteiger partial charge in [-0.15, -0.1) is 0 Å². The van der Waals surface area contributed by atoms with Crippen molar-refractivity contribution in [2.75, 3.05) is 26.7 Å². The molecule has 1 aliphatic rings. The maximum atomic E-state index is 11.8. The molecule has 3 N–H and O–H groups in total. The molecule has 0 radical (unpaired) electrons. The molecule has 0 aromatic heterocycles. The van der Waals surface area contributed by atoms with Gasteiger partial charge in [0.2, 0.25) is 5.91 Å². The second kappa shape index (κ2) is 8.90. The van der Waals surface area contributed by atoms with Gasteiger partial charge in [0.1, 0.15) is 0 Å². The smallest absolute Gasteiger partial charge is 0.315 e. The summed E-state index contributed by atoms with van der Waals surface area (Å²) in [7, 11) is 1.58. The van der Waals surface area contributed by atoms with E-state index in [9.17, 15) is 14.4 Å². The highest BCUT2D eigenvalue weighted by Crippen LogP contribution is 2.08. The van der Waals surface area contributed by atoms with Crippen LogP contribution in [0.2, 0.25) is 0 Å². The molecule has 24 heavy (non-hydrogen) atoms. The number of amides is 4. The summed E-state index contributed by atoms with van der Waals surface area (Å²) < 4.78 is 0. The van der Waals surface area contributed by atoms with Gasteiger partial charge in [0.15, 0.2) is 0 Å². The zero-order chi connectivity index (χ0) is 17.4. The summed E-state index contributed by atoms with van der Waals surface area (Å²) in [5.74, 6) is -0.0486. The average molecular weight is 332 g/mol. The number of carbonyl (C=O) groups is 3.